The van der Waals surface area contributed by atoms with Gasteiger partial charge in [-0.25, -0.2) is 4.79 Å². The molecule has 2 fully saturated rings. The monoisotopic (exact) mass is 531 g/mol. The number of rotatable bonds is 10. The molecule has 0 saturated carbocycles. The van der Waals surface area contributed by atoms with Gasteiger partial charge in [-0.1, -0.05) is 21.6 Å². The molecule has 2 saturated heterocycles. The number of nitrogens with zero attached hydrogens (tertiary/aromatic N) is 3. The van der Waals surface area contributed by atoms with Gasteiger partial charge in [-0.3, -0.25) is 19.5 Å². The van der Waals surface area contributed by atoms with Crippen LogP contribution in [-0.2, 0) is 19.1 Å². The molecule has 1 aliphatic carbocycles. The van der Waals surface area contributed by atoms with Crippen LogP contribution >= 0.6 is 21.6 Å². The Morgan fingerprint density at radius 1 is 1.31 bits per heavy atom. The van der Waals surface area contributed by atoms with E-state index in [2.05, 4.69) is 15.2 Å². The molecule has 192 valence electrons. The average Bonchev–Trinajstić information content (AvgIpc) is 3.23. The summed E-state index contributed by atoms with van der Waals surface area (Å²) in [5.74, 6) is -0.196. The van der Waals surface area contributed by atoms with Gasteiger partial charge in [0.2, 0.25) is 11.6 Å². The lowest BCUT2D eigenvalue weighted by molar-refractivity contribution is -0.144. The number of nitrogens with one attached hydrogen (secondary N) is 1. The first kappa shape index (κ1) is 25.1. The molecule has 1 unspecified atom stereocenters. The average molecular weight is 532 g/mol. The number of pyridine rings is 1. The highest BCUT2D eigenvalue weighted by Gasteiger charge is 2.75. The van der Waals surface area contributed by atoms with E-state index in [-0.39, 0.29) is 30.3 Å². The van der Waals surface area contributed by atoms with Crippen LogP contribution in [0.25, 0.3) is 0 Å². The van der Waals surface area contributed by atoms with Gasteiger partial charge in [0.05, 0.1) is 23.4 Å². The fraction of sp³-hybridized carbons (Fsp3) is 0.500. The molecule has 0 radical (unpaired) electrons. The van der Waals surface area contributed by atoms with E-state index in [9.17, 15) is 14.4 Å². The lowest BCUT2D eigenvalue weighted by atomic mass is 9.82. The quantitative estimate of drug-likeness (QED) is 0.198. The van der Waals surface area contributed by atoms with Crippen molar-refractivity contribution in [2.45, 2.75) is 36.0 Å². The van der Waals surface area contributed by atoms with Crippen molar-refractivity contribution >= 4 is 39.2 Å². The first-order valence-electron chi connectivity index (χ1n) is 11.8. The minimum Gasteiger partial charge on any atom is -0.449 e. The van der Waals surface area contributed by atoms with Gasteiger partial charge in [0, 0.05) is 60.4 Å². The molecule has 5 rings (SSSR count). The minimum absolute atomic E-state index is 0.0122. The maximum Gasteiger partial charge on any atom is 0.404 e. The highest BCUT2D eigenvalue weighted by molar-refractivity contribution is 8.76. The summed E-state index contributed by atoms with van der Waals surface area (Å²) >= 11 is 0. The second-order valence-electron chi connectivity index (χ2n) is 9.22. The number of hydrogen-bond acceptors (Lipinski definition) is 11. The highest BCUT2D eigenvalue weighted by Crippen LogP contribution is 2.59. The topological polar surface area (TPSA) is 127 Å². The van der Waals surface area contributed by atoms with E-state index in [4.69, 9.17) is 15.2 Å². The predicted molar refractivity (Wildman–Crippen MR) is 136 cm³/mol. The van der Waals surface area contributed by atoms with Crippen molar-refractivity contribution in [1.29, 1.82) is 0 Å². The standard InChI is InChI=1S/C24H29N5O5S2/c1-13-18(27-7-4-10-35-36-14-5-8-26-9-6-14)21(31)17-15(12-34-23(25)32)24(33-3)22-16(28(22)2)11-29(24)19(17)20(13)30/h5-6,8-9,15-16,22,27H,4,7,10-12H2,1-3H3,(H2,25,32)/t15-,16+,22+,24-,28?/m1/s1. The van der Waals surface area contributed by atoms with Crippen molar-refractivity contribution in [1.82, 2.24) is 20.1 Å². The molecule has 36 heavy (non-hydrogen) atoms. The molecule has 1 aromatic heterocycles. The fourth-order valence-corrected chi connectivity index (χ4v) is 7.83. The number of ketones is 2. The summed E-state index contributed by atoms with van der Waals surface area (Å²) in [7, 11) is 6.96. The van der Waals surface area contributed by atoms with Crippen LogP contribution in [0.2, 0.25) is 0 Å². The summed E-state index contributed by atoms with van der Waals surface area (Å²) < 4.78 is 11.3. The van der Waals surface area contributed by atoms with Gasteiger partial charge >= 0.3 is 6.09 Å². The zero-order valence-corrected chi connectivity index (χ0v) is 22.0. The Bertz CT molecular complexity index is 1160. The number of piperazine rings is 1. The number of ether oxygens (including phenoxy) is 2. The van der Waals surface area contributed by atoms with Gasteiger partial charge in [-0.2, -0.15) is 0 Å². The zero-order valence-electron chi connectivity index (χ0n) is 20.4. The van der Waals surface area contributed by atoms with E-state index in [1.54, 1.807) is 48.0 Å². The van der Waals surface area contributed by atoms with Crippen LogP contribution in [0.3, 0.4) is 0 Å². The summed E-state index contributed by atoms with van der Waals surface area (Å²) in [6.07, 6.45) is 3.41. The van der Waals surface area contributed by atoms with Gasteiger partial charge in [0.25, 0.3) is 0 Å². The number of Topliss-reactive ketones (excluding diaryl/α,β-unsaturated/α-hetero) is 2. The SMILES string of the molecule is CO[C@@]12[C@H](COC(N)=O)C3=C(C(=O)C(C)=C(NCCCSSc4ccncc4)C3=O)N1C[C@H]1[C@@H]2N1C. The molecule has 4 heterocycles. The zero-order chi connectivity index (χ0) is 25.6. The van der Waals surface area contributed by atoms with E-state index < -0.39 is 17.7 Å². The van der Waals surface area contributed by atoms with Crippen molar-refractivity contribution in [3.8, 4) is 0 Å². The lowest BCUT2D eigenvalue weighted by Gasteiger charge is -2.40. The number of hydrogen-bond donors (Lipinski definition) is 2. The summed E-state index contributed by atoms with van der Waals surface area (Å²) in [5.41, 5.74) is 5.73. The van der Waals surface area contributed by atoms with Crippen LogP contribution < -0.4 is 11.1 Å². The van der Waals surface area contributed by atoms with Crippen molar-refractivity contribution in [2.75, 3.05) is 39.6 Å². The Hall–Kier alpha value is -2.54. The normalized spacial score (nSPS) is 30.4. The summed E-state index contributed by atoms with van der Waals surface area (Å²) in [4.78, 5) is 48.1. The molecule has 0 bridgehead atoms. The third kappa shape index (κ3) is 3.90. The number of carbonyl (C=O) groups excluding carboxylic acids is 3. The number of allylic oxidation sites excluding steroid dienone is 2. The van der Waals surface area contributed by atoms with Crippen LogP contribution in [0.15, 0.2) is 52.0 Å². The van der Waals surface area contributed by atoms with Crippen LogP contribution in [0.4, 0.5) is 4.79 Å². The Morgan fingerprint density at radius 2 is 2.06 bits per heavy atom. The Labute approximate surface area is 217 Å². The van der Waals surface area contributed by atoms with E-state index >= 15 is 0 Å². The smallest absolute Gasteiger partial charge is 0.404 e. The van der Waals surface area contributed by atoms with Crippen molar-refractivity contribution in [3.63, 3.8) is 0 Å². The Morgan fingerprint density at radius 3 is 2.75 bits per heavy atom. The molecule has 0 spiro atoms. The molecule has 4 aliphatic rings. The van der Waals surface area contributed by atoms with Crippen LogP contribution in [-0.4, -0.2) is 89.9 Å². The van der Waals surface area contributed by atoms with E-state index in [1.807, 2.05) is 24.1 Å². The number of amides is 1. The van der Waals surface area contributed by atoms with Gasteiger partial charge in [0.1, 0.15) is 6.61 Å². The molecule has 1 amide bonds. The first-order chi connectivity index (χ1) is 17.3. The second kappa shape index (κ2) is 9.73. The molecule has 3 aliphatic heterocycles. The maximum absolute atomic E-state index is 13.8. The number of methoxy groups -OCH3 is 1. The van der Waals surface area contributed by atoms with Crippen molar-refractivity contribution in [2.24, 2.45) is 11.7 Å². The summed E-state index contributed by atoms with van der Waals surface area (Å²) in [6, 6.07) is 4.12. The van der Waals surface area contributed by atoms with E-state index in [1.165, 1.54) is 0 Å². The van der Waals surface area contributed by atoms with E-state index in [0.717, 1.165) is 17.1 Å². The summed E-state index contributed by atoms with van der Waals surface area (Å²) in [6.45, 7) is 2.67. The van der Waals surface area contributed by atoms with Gasteiger partial charge in [-0.05, 0) is 32.5 Å². The maximum atomic E-state index is 13.8. The fourth-order valence-electron chi connectivity index (χ4n) is 5.78. The Kier molecular flexibility index (Phi) is 6.79. The van der Waals surface area contributed by atoms with Crippen LogP contribution in [0.1, 0.15) is 13.3 Å². The molecular weight excluding hydrogens is 502 g/mol. The molecule has 3 N–H and O–H groups in total. The van der Waals surface area contributed by atoms with Gasteiger partial charge in [-0.15, -0.1) is 0 Å². The third-order valence-corrected chi connectivity index (χ3v) is 9.93. The lowest BCUT2D eigenvalue weighted by Crippen LogP contribution is -2.55. The molecule has 5 atom stereocenters. The van der Waals surface area contributed by atoms with E-state index in [0.29, 0.717) is 35.6 Å². The van der Waals surface area contributed by atoms with Gasteiger partial charge in [0.15, 0.2) is 5.72 Å². The van der Waals surface area contributed by atoms with Crippen molar-refractivity contribution in [3.05, 3.63) is 47.1 Å². The van der Waals surface area contributed by atoms with Crippen LogP contribution in [0, 0.1) is 5.92 Å². The van der Waals surface area contributed by atoms with Crippen LogP contribution in [0.5, 0.6) is 0 Å². The second-order valence-corrected chi connectivity index (χ2v) is 11.7. The summed E-state index contributed by atoms with van der Waals surface area (Å²) in [5, 5.41) is 3.22. The highest BCUT2D eigenvalue weighted by atomic mass is 33.1. The number of aromatic nitrogens is 1. The number of primary amides is 1. The van der Waals surface area contributed by atoms with Crippen molar-refractivity contribution < 1.29 is 23.9 Å². The number of nitrogens with two attached hydrogens (primary N) is 1. The molecule has 1 aromatic rings. The molecule has 0 aromatic carbocycles. The third-order valence-electron chi connectivity index (χ3n) is 7.46. The molecule has 12 heteroatoms. The number of carbonyl (C=O) groups is 3. The van der Waals surface area contributed by atoms with Gasteiger partial charge < -0.3 is 25.4 Å². The first-order valence-corrected chi connectivity index (χ1v) is 14.1. The minimum atomic E-state index is -0.957. The molecule has 10 nitrogen and oxygen atoms in total. The Balaban J connectivity index is 1.30. The molecular formula is C24H29N5O5S2. The number of likely N-dealkylation sites (N-methyl/N-ethyl adjacent to an activating group) is 1. The number of fused-ring (bicyclic) bond motifs is 4. The largest absolute Gasteiger partial charge is 0.449 e. The predicted octanol–water partition coefficient (Wildman–Crippen LogP) is 1.55.